The van der Waals surface area contributed by atoms with E-state index < -0.39 is 7.42 Å². The van der Waals surface area contributed by atoms with Crippen molar-refractivity contribution >= 4 is 35.7 Å². The van der Waals surface area contributed by atoms with Crippen LogP contribution in [0.25, 0.3) is 6.08 Å². The Balaban J connectivity index is 2.89. The first kappa shape index (κ1) is 9.84. The van der Waals surface area contributed by atoms with Crippen LogP contribution in [0, 0.1) is 0 Å². The van der Waals surface area contributed by atoms with Crippen LogP contribution in [-0.4, -0.2) is 7.42 Å². The molecule has 0 saturated heterocycles. The van der Waals surface area contributed by atoms with Gasteiger partial charge in [-0.3, -0.25) is 0 Å². The van der Waals surface area contributed by atoms with Gasteiger partial charge in [0, 0.05) is 0 Å². The predicted octanol–water partition coefficient (Wildman–Crippen LogP) is 3.11. The normalized spacial score (nSPS) is 10.2. The second-order valence-electron chi connectivity index (χ2n) is 2.50. The molecule has 0 aliphatic rings. The summed E-state index contributed by atoms with van der Waals surface area (Å²) in [6.45, 7) is 3.73. The Bertz CT molecular complexity index is 271. The van der Waals surface area contributed by atoms with Gasteiger partial charge >= 0.3 is 0 Å². The first-order chi connectivity index (χ1) is 5.74. The van der Waals surface area contributed by atoms with Gasteiger partial charge in [0.25, 0.3) is 0 Å². The maximum absolute atomic E-state index is 5.81. The Kier molecular flexibility index (Phi) is 3.86. The molecule has 0 amide bonds. The van der Waals surface area contributed by atoms with Gasteiger partial charge in [0.2, 0.25) is 7.42 Å². The van der Waals surface area contributed by atoms with E-state index >= 15 is 0 Å². The van der Waals surface area contributed by atoms with E-state index in [1.54, 1.807) is 0 Å². The zero-order valence-corrected chi connectivity index (χ0v) is 9.30. The second kappa shape index (κ2) is 4.70. The van der Waals surface area contributed by atoms with Crippen LogP contribution in [0.5, 0.6) is 0 Å². The van der Waals surface area contributed by atoms with E-state index in [2.05, 4.69) is 6.58 Å². The molecule has 0 aromatic heterocycles. The van der Waals surface area contributed by atoms with Crippen molar-refractivity contribution in [2.75, 3.05) is 0 Å². The number of halogens is 2. The molecule has 0 unspecified atom stereocenters. The van der Waals surface area contributed by atoms with Crippen LogP contribution < -0.4 is 0 Å². The lowest BCUT2D eigenvalue weighted by molar-refractivity contribution is 1.37. The zero-order chi connectivity index (χ0) is 8.97. The molecule has 1 aromatic rings. The summed E-state index contributed by atoms with van der Waals surface area (Å²) in [5.74, 6) is 0. The highest BCUT2D eigenvalue weighted by molar-refractivity contribution is 7.33. The van der Waals surface area contributed by atoms with Crippen LogP contribution in [0.2, 0.25) is 0 Å². The van der Waals surface area contributed by atoms with Crippen LogP contribution in [0.1, 0.15) is 11.1 Å². The molecule has 0 heterocycles. The van der Waals surface area contributed by atoms with Crippen molar-refractivity contribution in [2.45, 2.75) is 6.04 Å². The van der Waals surface area contributed by atoms with Crippen molar-refractivity contribution in [3.8, 4) is 0 Å². The highest BCUT2D eigenvalue weighted by Gasteiger charge is 2.05. The predicted molar refractivity (Wildman–Crippen MR) is 59.1 cm³/mol. The fraction of sp³-hybridized carbons (Fsp3) is 0.111. The quantitative estimate of drug-likeness (QED) is 0.539. The molecule has 0 fully saturated rings. The average molecular weight is 217 g/mol. The fourth-order valence-corrected chi connectivity index (χ4v) is 2.79. The van der Waals surface area contributed by atoms with Gasteiger partial charge in [-0.05, 0) is 17.2 Å². The van der Waals surface area contributed by atoms with Crippen molar-refractivity contribution in [3.63, 3.8) is 0 Å². The standard InChI is InChI=1S/C9H10Cl2Si/c1-2-8-5-3-4-6-9(8)7-12(10)11/h2-6,12H,1,7H2. The number of benzene rings is 1. The Hall–Kier alpha value is -0.243. The lowest BCUT2D eigenvalue weighted by atomic mass is 10.1. The van der Waals surface area contributed by atoms with Crippen LogP contribution >= 0.6 is 22.2 Å². The van der Waals surface area contributed by atoms with Gasteiger partial charge in [-0.2, -0.15) is 0 Å². The molecule has 0 aliphatic heterocycles. The summed E-state index contributed by atoms with van der Waals surface area (Å²) in [7, 11) is -1.54. The number of rotatable bonds is 3. The van der Waals surface area contributed by atoms with Gasteiger partial charge < -0.3 is 0 Å². The van der Waals surface area contributed by atoms with Gasteiger partial charge in [-0.25, -0.2) is 0 Å². The SMILES string of the molecule is C=Cc1ccccc1C[SiH](Cl)Cl. The van der Waals surface area contributed by atoms with Crippen molar-refractivity contribution in [3.05, 3.63) is 42.0 Å². The molecule has 12 heavy (non-hydrogen) atoms. The molecule has 0 saturated carbocycles. The summed E-state index contributed by atoms with van der Waals surface area (Å²) >= 11 is 11.6. The molecule has 0 nitrogen and oxygen atoms in total. The summed E-state index contributed by atoms with van der Waals surface area (Å²) in [4.78, 5) is 0. The Morgan fingerprint density at radius 1 is 1.33 bits per heavy atom. The van der Waals surface area contributed by atoms with E-state index in [1.807, 2.05) is 30.3 Å². The van der Waals surface area contributed by atoms with Crippen molar-refractivity contribution in [1.82, 2.24) is 0 Å². The minimum absolute atomic E-state index is 0.811. The molecule has 64 valence electrons. The largest absolute Gasteiger partial charge is 0.241 e. The maximum Gasteiger partial charge on any atom is 0.241 e. The fourth-order valence-electron chi connectivity index (χ4n) is 1.09. The van der Waals surface area contributed by atoms with E-state index in [0.717, 1.165) is 11.6 Å². The third-order valence-electron chi connectivity index (χ3n) is 1.65. The highest BCUT2D eigenvalue weighted by Crippen LogP contribution is 2.14. The smallest absolute Gasteiger partial charge is 0.150 e. The maximum atomic E-state index is 5.81. The minimum Gasteiger partial charge on any atom is -0.150 e. The first-order valence-electron chi connectivity index (χ1n) is 3.72. The first-order valence-corrected chi connectivity index (χ1v) is 8.03. The molecule has 0 spiro atoms. The summed E-state index contributed by atoms with van der Waals surface area (Å²) in [6, 6.07) is 8.85. The Morgan fingerprint density at radius 3 is 2.58 bits per heavy atom. The van der Waals surface area contributed by atoms with E-state index in [1.165, 1.54) is 5.56 Å². The molecule has 0 N–H and O–H groups in total. The van der Waals surface area contributed by atoms with E-state index in [9.17, 15) is 0 Å². The van der Waals surface area contributed by atoms with Crippen molar-refractivity contribution in [2.24, 2.45) is 0 Å². The molecule has 0 atom stereocenters. The van der Waals surface area contributed by atoms with Crippen molar-refractivity contribution < 1.29 is 0 Å². The van der Waals surface area contributed by atoms with Gasteiger partial charge in [-0.1, -0.05) is 36.9 Å². The van der Waals surface area contributed by atoms with Gasteiger partial charge in [0.15, 0.2) is 0 Å². The molecule has 1 rings (SSSR count). The third kappa shape index (κ3) is 2.66. The lowest BCUT2D eigenvalue weighted by Crippen LogP contribution is -2.01. The number of hydrogen-bond acceptors (Lipinski definition) is 0. The summed E-state index contributed by atoms with van der Waals surface area (Å²) in [6.07, 6.45) is 1.83. The molecular weight excluding hydrogens is 207 g/mol. The average Bonchev–Trinajstić information content (AvgIpc) is 2.04. The topological polar surface area (TPSA) is 0 Å². The van der Waals surface area contributed by atoms with E-state index in [4.69, 9.17) is 22.2 Å². The summed E-state index contributed by atoms with van der Waals surface area (Å²) in [5.41, 5.74) is 2.34. The van der Waals surface area contributed by atoms with Crippen LogP contribution in [0.3, 0.4) is 0 Å². The minimum atomic E-state index is -1.54. The molecular formula is C9H10Cl2Si. The summed E-state index contributed by atoms with van der Waals surface area (Å²) < 4.78 is 0. The Labute approximate surface area is 83.8 Å². The molecule has 3 heteroatoms. The molecule has 0 aliphatic carbocycles. The zero-order valence-electron chi connectivity index (χ0n) is 6.63. The van der Waals surface area contributed by atoms with E-state index in [0.29, 0.717) is 0 Å². The second-order valence-corrected chi connectivity index (χ2v) is 7.52. The van der Waals surface area contributed by atoms with Crippen LogP contribution in [-0.2, 0) is 6.04 Å². The number of hydrogen-bond donors (Lipinski definition) is 0. The van der Waals surface area contributed by atoms with Crippen molar-refractivity contribution in [1.29, 1.82) is 0 Å². The van der Waals surface area contributed by atoms with Crippen LogP contribution in [0.15, 0.2) is 30.8 Å². The van der Waals surface area contributed by atoms with Gasteiger partial charge in [0.1, 0.15) is 0 Å². The Morgan fingerprint density at radius 2 is 2.00 bits per heavy atom. The third-order valence-corrected chi connectivity index (χ3v) is 3.32. The highest BCUT2D eigenvalue weighted by atomic mass is 35.7. The van der Waals surface area contributed by atoms with Gasteiger partial charge in [-0.15, -0.1) is 22.2 Å². The monoisotopic (exact) mass is 216 g/mol. The van der Waals surface area contributed by atoms with Crippen LogP contribution in [0.4, 0.5) is 0 Å². The molecule has 1 aromatic carbocycles. The molecule has 0 bridgehead atoms. The van der Waals surface area contributed by atoms with Gasteiger partial charge in [0.05, 0.1) is 0 Å². The summed E-state index contributed by atoms with van der Waals surface area (Å²) in [5, 5.41) is 0. The van der Waals surface area contributed by atoms with E-state index in [-0.39, 0.29) is 0 Å². The lowest BCUT2D eigenvalue weighted by Gasteiger charge is -2.04. The molecule has 0 radical (unpaired) electrons.